The molecular formula is C28H43NO4. The fourth-order valence-corrected chi connectivity index (χ4v) is 3.49. The molecule has 0 aromatic heterocycles. The maximum atomic E-state index is 12.2. The predicted molar refractivity (Wildman–Crippen MR) is 134 cm³/mol. The second kappa shape index (κ2) is 17.2. The molecule has 0 fully saturated rings. The van der Waals surface area contributed by atoms with Crippen LogP contribution in [0.15, 0.2) is 24.3 Å². The van der Waals surface area contributed by atoms with E-state index in [1.165, 1.54) is 63.0 Å². The molecule has 0 amide bonds. The lowest BCUT2D eigenvalue weighted by Crippen LogP contribution is -2.39. The largest absolute Gasteiger partial charge is 0.465 e. The summed E-state index contributed by atoms with van der Waals surface area (Å²) in [6.45, 7) is 8.81. The van der Waals surface area contributed by atoms with Gasteiger partial charge in [-0.15, -0.1) is 5.92 Å². The molecule has 0 bridgehead atoms. The Kier molecular flexibility index (Phi) is 15.0. The summed E-state index contributed by atoms with van der Waals surface area (Å²) in [5, 5.41) is 3.29. The molecular weight excluding hydrogens is 414 g/mol. The molecule has 1 aromatic carbocycles. The standard InChI is InChI=1S/C28H43NO4/c1-5-8-9-10-11-12-13-16-24-17-19-25(20-18-24)23-29-22-15-14-21-28(4,26(30)32-6-2)27(31)33-7-3/h17-20,29H,5-13,16,21-23H2,1-4H3. The van der Waals surface area contributed by atoms with Crippen molar-refractivity contribution in [3.63, 3.8) is 0 Å². The van der Waals surface area contributed by atoms with Crippen LogP contribution < -0.4 is 5.32 Å². The number of benzene rings is 1. The molecule has 5 heteroatoms. The van der Waals surface area contributed by atoms with Crippen molar-refractivity contribution >= 4 is 11.9 Å². The number of aryl methyl sites for hydroxylation is 1. The number of unbranched alkanes of at least 4 members (excludes halogenated alkanes) is 6. The molecule has 33 heavy (non-hydrogen) atoms. The second-order valence-electron chi connectivity index (χ2n) is 8.59. The van der Waals surface area contributed by atoms with Gasteiger partial charge < -0.3 is 14.8 Å². The van der Waals surface area contributed by atoms with Crippen LogP contribution in [0.25, 0.3) is 0 Å². The highest BCUT2D eigenvalue weighted by atomic mass is 16.6. The quantitative estimate of drug-likeness (QED) is 0.152. The van der Waals surface area contributed by atoms with Crippen LogP contribution in [-0.4, -0.2) is 31.7 Å². The SMILES string of the molecule is CCCCCCCCCc1ccc(CNCC#CCC(C)(C(=O)OCC)C(=O)OCC)cc1. The van der Waals surface area contributed by atoms with Gasteiger partial charge >= 0.3 is 11.9 Å². The van der Waals surface area contributed by atoms with Crippen molar-refractivity contribution in [3.8, 4) is 11.8 Å². The van der Waals surface area contributed by atoms with E-state index in [1.807, 2.05) is 0 Å². The first-order valence-corrected chi connectivity index (χ1v) is 12.6. The van der Waals surface area contributed by atoms with E-state index in [-0.39, 0.29) is 19.6 Å². The summed E-state index contributed by atoms with van der Waals surface area (Å²) in [4.78, 5) is 24.5. The number of nitrogens with one attached hydrogen (secondary N) is 1. The number of hydrogen-bond acceptors (Lipinski definition) is 5. The summed E-state index contributed by atoms with van der Waals surface area (Å²) in [6, 6.07) is 8.75. The third-order valence-corrected chi connectivity index (χ3v) is 5.65. The number of esters is 2. The molecule has 0 heterocycles. The molecule has 0 unspecified atom stereocenters. The first-order chi connectivity index (χ1) is 16.0. The van der Waals surface area contributed by atoms with Crippen LogP contribution in [0, 0.1) is 17.3 Å². The molecule has 0 saturated carbocycles. The predicted octanol–water partition coefficient (Wildman–Crippen LogP) is 5.60. The van der Waals surface area contributed by atoms with Gasteiger partial charge in [0.05, 0.1) is 19.8 Å². The summed E-state index contributed by atoms with van der Waals surface area (Å²) in [5.74, 6) is 4.73. The molecule has 1 N–H and O–H groups in total. The average molecular weight is 458 g/mol. The molecule has 0 radical (unpaired) electrons. The lowest BCUT2D eigenvalue weighted by molar-refractivity contribution is -0.170. The van der Waals surface area contributed by atoms with Gasteiger partial charge in [-0.25, -0.2) is 0 Å². The van der Waals surface area contributed by atoms with Crippen LogP contribution in [0.2, 0.25) is 0 Å². The number of carbonyl (C=O) groups excluding carboxylic acids is 2. The van der Waals surface area contributed by atoms with Crippen molar-refractivity contribution < 1.29 is 19.1 Å². The van der Waals surface area contributed by atoms with Crippen LogP contribution in [0.3, 0.4) is 0 Å². The van der Waals surface area contributed by atoms with E-state index in [0.29, 0.717) is 6.54 Å². The summed E-state index contributed by atoms with van der Waals surface area (Å²) >= 11 is 0. The van der Waals surface area contributed by atoms with Crippen LogP contribution in [0.5, 0.6) is 0 Å². The van der Waals surface area contributed by atoms with Gasteiger partial charge in [0.1, 0.15) is 0 Å². The van der Waals surface area contributed by atoms with Crippen molar-refractivity contribution in [2.75, 3.05) is 19.8 Å². The van der Waals surface area contributed by atoms with Gasteiger partial charge in [-0.05, 0) is 44.7 Å². The van der Waals surface area contributed by atoms with E-state index >= 15 is 0 Å². The maximum absolute atomic E-state index is 12.2. The van der Waals surface area contributed by atoms with E-state index in [4.69, 9.17) is 9.47 Å². The number of carbonyl (C=O) groups is 2. The zero-order chi connectivity index (χ0) is 24.4. The van der Waals surface area contributed by atoms with Crippen molar-refractivity contribution in [1.29, 1.82) is 0 Å². The Labute approximate surface area is 201 Å². The Morgan fingerprint density at radius 3 is 1.94 bits per heavy atom. The minimum atomic E-state index is -1.40. The average Bonchev–Trinajstić information content (AvgIpc) is 2.81. The summed E-state index contributed by atoms with van der Waals surface area (Å²) in [6.07, 6.45) is 10.5. The molecule has 1 aromatic rings. The van der Waals surface area contributed by atoms with Crippen LogP contribution in [0.4, 0.5) is 0 Å². The third-order valence-electron chi connectivity index (χ3n) is 5.65. The molecule has 5 nitrogen and oxygen atoms in total. The lowest BCUT2D eigenvalue weighted by atomic mass is 9.87. The minimum absolute atomic E-state index is 0.0691. The topological polar surface area (TPSA) is 64.6 Å². The Morgan fingerprint density at radius 2 is 1.36 bits per heavy atom. The van der Waals surface area contributed by atoms with E-state index in [0.717, 1.165) is 13.0 Å². The molecule has 0 aliphatic heterocycles. The number of ether oxygens (including phenoxy) is 2. The molecule has 0 atom stereocenters. The normalized spacial score (nSPS) is 10.9. The minimum Gasteiger partial charge on any atom is -0.465 e. The fraction of sp³-hybridized carbons (Fsp3) is 0.643. The molecule has 0 aliphatic carbocycles. The molecule has 0 spiro atoms. The van der Waals surface area contributed by atoms with Crippen molar-refractivity contribution in [1.82, 2.24) is 5.32 Å². The Bertz CT molecular complexity index is 727. The van der Waals surface area contributed by atoms with Crippen molar-refractivity contribution in [2.24, 2.45) is 5.41 Å². The molecule has 184 valence electrons. The zero-order valence-corrected chi connectivity index (χ0v) is 21.1. The smallest absolute Gasteiger partial charge is 0.324 e. The first kappa shape index (κ1) is 28.7. The number of rotatable bonds is 16. The van der Waals surface area contributed by atoms with Gasteiger partial charge in [0, 0.05) is 13.0 Å². The first-order valence-electron chi connectivity index (χ1n) is 12.6. The fourth-order valence-electron chi connectivity index (χ4n) is 3.49. The monoisotopic (exact) mass is 457 g/mol. The highest BCUT2D eigenvalue weighted by molar-refractivity contribution is 5.99. The maximum Gasteiger partial charge on any atom is 0.324 e. The van der Waals surface area contributed by atoms with Crippen LogP contribution >= 0.6 is 0 Å². The highest BCUT2D eigenvalue weighted by Gasteiger charge is 2.43. The summed E-state index contributed by atoms with van der Waals surface area (Å²) in [7, 11) is 0. The number of hydrogen-bond donors (Lipinski definition) is 1. The lowest BCUT2D eigenvalue weighted by Gasteiger charge is -2.22. The Balaban J connectivity index is 2.36. The molecule has 0 saturated heterocycles. The van der Waals surface area contributed by atoms with Gasteiger partial charge in [-0.1, -0.05) is 75.6 Å². The van der Waals surface area contributed by atoms with Crippen LogP contribution in [-0.2, 0) is 32.0 Å². The summed E-state index contributed by atoms with van der Waals surface area (Å²) in [5.41, 5.74) is 1.21. The van der Waals surface area contributed by atoms with Gasteiger partial charge in [0.15, 0.2) is 5.41 Å². The van der Waals surface area contributed by atoms with E-state index < -0.39 is 17.4 Å². The van der Waals surface area contributed by atoms with Crippen molar-refractivity contribution in [2.45, 2.75) is 92.0 Å². The zero-order valence-electron chi connectivity index (χ0n) is 21.1. The Morgan fingerprint density at radius 1 is 0.818 bits per heavy atom. The van der Waals surface area contributed by atoms with E-state index in [2.05, 4.69) is 48.3 Å². The van der Waals surface area contributed by atoms with E-state index in [1.54, 1.807) is 13.8 Å². The van der Waals surface area contributed by atoms with Gasteiger partial charge in [-0.3, -0.25) is 9.59 Å². The molecule has 0 aliphatic rings. The van der Waals surface area contributed by atoms with Crippen molar-refractivity contribution in [3.05, 3.63) is 35.4 Å². The summed E-state index contributed by atoms with van der Waals surface area (Å²) < 4.78 is 10.1. The van der Waals surface area contributed by atoms with E-state index in [9.17, 15) is 9.59 Å². The van der Waals surface area contributed by atoms with Crippen LogP contribution in [0.1, 0.15) is 90.2 Å². The molecule has 1 rings (SSSR count). The van der Waals surface area contributed by atoms with Gasteiger partial charge in [0.2, 0.25) is 0 Å². The van der Waals surface area contributed by atoms with Gasteiger partial charge in [0.25, 0.3) is 0 Å². The second-order valence-corrected chi connectivity index (χ2v) is 8.59. The Hall–Kier alpha value is -2.32. The highest BCUT2D eigenvalue weighted by Crippen LogP contribution is 2.25. The third kappa shape index (κ3) is 11.4. The van der Waals surface area contributed by atoms with Gasteiger partial charge in [-0.2, -0.15) is 0 Å².